The van der Waals surface area contributed by atoms with Crippen LogP contribution in [-0.2, 0) is 19.6 Å². The Balaban J connectivity index is 1.95. The number of nitrogens with zero attached hydrogens (tertiary/aromatic N) is 1. The standard InChI is InChI=1S/C14H15NO5S2/c1-20-14(13(16)17)6-7-15(9-14)22(18,19)12-8-10-4-2-3-5-11(10)21-12/h2-5,8H,6-7,9H2,1H3,(H,16,17). The van der Waals surface area contributed by atoms with Gasteiger partial charge in [-0.3, -0.25) is 0 Å². The number of aliphatic carboxylic acids is 1. The van der Waals surface area contributed by atoms with Gasteiger partial charge in [0.05, 0.1) is 6.54 Å². The van der Waals surface area contributed by atoms with E-state index in [4.69, 9.17) is 4.74 Å². The number of hydrogen-bond donors (Lipinski definition) is 1. The minimum Gasteiger partial charge on any atom is -0.479 e. The highest BCUT2D eigenvalue weighted by atomic mass is 32.2. The van der Waals surface area contributed by atoms with Crippen molar-refractivity contribution in [2.45, 2.75) is 16.2 Å². The number of carboxylic acids is 1. The zero-order chi connectivity index (χ0) is 16.0. The fourth-order valence-corrected chi connectivity index (χ4v) is 5.64. The predicted octanol–water partition coefficient (Wildman–Crippen LogP) is 1.77. The van der Waals surface area contributed by atoms with Crippen molar-refractivity contribution in [3.8, 4) is 0 Å². The van der Waals surface area contributed by atoms with Crippen LogP contribution in [0.4, 0.5) is 0 Å². The van der Waals surface area contributed by atoms with Crippen LogP contribution in [0, 0.1) is 0 Å². The van der Waals surface area contributed by atoms with Crippen molar-refractivity contribution in [2.24, 2.45) is 0 Å². The van der Waals surface area contributed by atoms with Crippen molar-refractivity contribution in [1.29, 1.82) is 0 Å². The highest BCUT2D eigenvalue weighted by Gasteiger charge is 2.49. The van der Waals surface area contributed by atoms with Crippen molar-refractivity contribution in [3.63, 3.8) is 0 Å². The molecule has 0 amide bonds. The van der Waals surface area contributed by atoms with Gasteiger partial charge in [-0.05, 0) is 17.5 Å². The molecule has 0 radical (unpaired) electrons. The minimum absolute atomic E-state index is 0.136. The van der Waals surface area contributed by atoms with Gasteiger partial charge >= 0.3 is 5.97 Å². The number of hydrogen-bond acceptors (Lipinski definition) is 5. The summed E-state index contributed by atoms with van der Waals surface area (Å²) in [6.45, 7) is -0.0356. The highest BCUT2D eigenvalue weighted by Crippen LogP contribution is 2.34. The highest BCUT2D eigenvalue weighted by molar-refractivity contribution is 7.91. The predicted molar refractivity (Wildman–Crippen MR) is 82.6 cm³/mol. The first-order valence-corrected chi connectivity index (χ1v) is 8.92. The lowest BCUT2D eigenvalue weighted by Gasteiger charge is -2.22. The molecule has 3 rings (SSSR count). The topological polar surface area (TPSA) is 83.9 Å². The van der Waals surface area contributed by atoms with Crippen LogP contribution in [0.2, 0.25) is 0 Å². The SMILES string of the molecule is COC1(C(=O)O)CCN(S(=O)(=O)c2cc3ccccc3s2)C1. The van der Waals surface area contributed by atoms with Gasteiger partial charge in [-0.15, -0.1) is 11.3 Å². The number of benzene rings is 1. The summed E-state index contributed by atoms with van der Waals surface area (Å²) < 4.78 is 32.8. The van der Waals surface area contributed by atoms with Gasteiger partial charge in [0.2, 0.25) is 0 Å². The van der Waals surface area contributed by atoms with Gasteiger partial charge in [-0.1, -0.05) is 18.2 Å². The van der Waals surface area contributed by atoms with Crippen LogP contribution in [0.3, 0.4) is 0 Å². The number of carbonyl (C=O) groups is 1. The zero-order valence-electron chi connectivity index (χ0n) is 11.9. The van der Waals surface area contributed by atoms with Crippen molar-refractivity contribution < 1.29 is 23.1 Å². The van der Waals surface area contributed by atoms with Crippen molar-refractivity contribution in [2.75, 3.05) is 20.2 Å². The fourth-order valence-electron chi connectivity index (χ4n) is 2.59. The van der Waals surface area contributed by atoms with Gasteiger partial charge < -0.3 is 9.84 Å². The summed E-state index contributed by atoms with van der Waals surface area (Å²) in [5, 5.41) is 10.2. The monoisotopic (exact) mass is 341 g/mol. The van der Waals surface area contributed by atoms with Crippen LogP contribution < -0.4 is 0 Å². The molecule has 22 heavy (non-hydrogen) atoms. The summed E-state index contributed by atoms with van der Waals surface area (Å²) in [5.74, 6) is -1.14. The third kappa shape index (κ3) is 2.32. The molecule has 0 aliphatic carbocycles. The van der Waals surface area contributed by atoms with E-state index in [0.717, 1.165) is 10.1 Å². The summed E-state index contributed by atoms with van der Waals surface area (Å²) in [7, 11) is -2.41. The number of carboxylic acid groups (broad SMARTS) is 1. The third-order valence-corrected chi connectivity index (χ3v) is 7.38. The first kappa shape index (κ1) is 15.4. The molecular formula is C14H15NO5S2. The average molecular weight is 341 g/mol. The van der Waals surface area contributed by atoms with Crippen molar-refractivity contribution >= 4 is 37.4 Å². The average Bonchev–Trinajstić information content (AvgIpc) is 3.12. The molecule has 8 heteroatoms. The number of thiophene rings is 1. The first-order valence-electron chi connectivity index (χ1n) is 6.66. The second-order valence-electron chi connectivity index (χ2n) is 5.20. The maximum absolute atomic E-state index is 12.7. The molecule has 1 unspecified atom stereocenters. The molecule has 2 heterocycles. The zero-order valence-corrected chi connectivity index (χ0v) is 13.5. The van der Waals surface area contributed by atoms with Crippen molar-refractivity contribution in [1.82, 2.24) is 4.31 Å². The third-order valence-electron chi connectivity index (χ3n) is 3.97. The van der Waals surface area contributed by atoms with Gasteiger partial charge in [0, 0.05) is 24.8 Å². The summed E-state index contributed by atoms with van der Waals surface area (Å²) in [4.78, 5) is 11.4. The van der Waals surface area contributed by atoms with Crippen LogP contribution in [0.25, 0.3) is 10.1 Å². The Bertz CT molecular complexity index is 796. The van der Waals surface area contributed by atoms with Gasteiger partial charge in [-0.25, -0.2) is 13.2 Å². The minimum atomic E-state index is -3.71. The Labute approximate surface area is 132 Å². The molecule has 1 saturated heterocycles. The van der Waals surface area contributed by atoms with E-state index < -0.39 is 21.6 Å². The van der Waals surface area contributed by atoms with E-state index >= 15 is 0 Å². The Morgan fingerprint density at radius 1 is 1.41 bits per heavy atom. The molecule has 1 aromatic carbocycles. The fraction of sp³-hybridized carbons (Fsp3) is 0.357. The molecule has 0 spiro atoms. The van der Waals surface area contributed by atoms with Crippen LogP contribution in [0.5, 0.6) is 0 Å². The number of sulfonamides is 1. The number of ether oxygens (including phenoxy) is 1. The Kier molecular flexibility index (Phi) is 3.72. The van der Waals surface area contributed by atoms with Crippen LogP contribution >= 0.6 is 11.3 Å². The molecule has 1 aliphatic heterocycles. The van der Waals surface area contributed by atoms with Gasteiger partial charge in [0.1, 0.15) is 4.21 Å². The molecule has 118 valence electrons. The molecule has 1 fully saturated rings. The molecule has 1 aromatic heterocycles. The van der Waals surface area contributed by atoms with Gasteiger partial charge in [-0.2, -0.15) is 4.31 Å². The van der Waals surface area contributed by atoms with Crippen LogP contribution in [0.1, 0.15) is 6.42 Å². The van der Waals surface area contributed by atoms with Crippen molar-refractivity contribution in [3.05, 3.63) is 30.3 Å². The maximum Gasteiger partial charge on any atom is 0.337 e. The quantitative estimate of drug-likeness (QED) is 0.916. The van der Waals surface area contributed by atoms with Crippen LogP contribution in [0.15, 0.2) is 34.5 Å². The molecule has 0 saturated carbocycles. The molecular weight excluding hydrogens is 326 g/mol. The normalized spacial score (nSPS) is 23.1. The van der Waals surface area contributed by atoms with Crippen LogP contribution in [-0.4, -0.2) is 49.6 Å². The molecule has 2 aromatic rings. The Morgan fingerprint density at radius 3 is 2.73 bits per heavy atom. The van der Waals surface area contributed by atoms with Gasteiger partial charge in [0.15, 0.2) is 5.60 Å². The van der Waals surface area contributed by atoms with E-state index in [1.54, 1.807) is 6.07 Å². The van der Waals surface area contributed by atoms with E-state index in [2.05, 4.69) is 0 Å². The van der Waals surface area contributed by atoms with E-state index in [-0.39, 0.29) is 23.7 Å². The second-order valence-corrected chi connectivity index (χ2v) is 8.44. The lowest BCUT2D eigenvalue weighted by molar-refractivity contribution is -0.160. The molecule has 0 bridgehead atoms. The Morgan fingerprint density at radius 2 is 2.14 bits per heavy atom. The van der Waals surface area contributed by atoms with E-state index in [1.807, 2.05) is 24.3 Å². The largest absolute Gasteiger partial charge is 0.479 e. The summed E-state index contributed by atoms with van der Waals surface area (Å²) in [5.41, 5.74) is -1.45. The lowest BCUT2D eigenvalue weighted by Crippen LogP contribution is -2.44. The van der Waals surface area contributed by atoms with Gasteiger partial charge in [0.25, 0.3) is 10.0 Å². The first-order chi connectivity index (χ1) is 10.4. The molecule has 1 atom stereocenters. The van der Waals surface area contributed by atoms with E-state index in [0.29, 0.717) is 0 Å². The molecule has 1 aliphatic rings. The number of rotatable bonds is 4. The Hall–Kier alpha value is -1.48. The molecule has 1 N–H and O–H groups in total. The van der Waals surface area contributed by atoms with E-state index in [1.165, 1.54) is 22.8 Å². The lowest BCUT2D eigenvalue weighted by atomic mass is 10.0. The smallest absolute Gasteiger partial charge is 0.337 e. The van der Waals surface area contributed by atoms with E-state index in [9.17, 15) is 18.3 Å². The second kappa shape index (κ2) is 5.31. The number of methoxy groups -OCH3 is 1. The summed E-state index contributed by atoms with van der Waals surface area (Å²) in [6, 6.07) is 9.04. The maximum atomic E-state index is 12.7. The summed E-state index contributed by atoms with van der Waals surface area (Å²) in [6.07, 6.45) is 0.142. The summed E-state index contributed by atoms with van der Waals surface area (Å²) >= 11 is 1.19. The number of fused-ring (bicyclic) bond motifs is 1. The molecule has 6 nitrogen and oxygen atoms in total.